The van der Waals surface area contributed by atoms with Crippen LogP contribution in [0.1, 0.15) is 11.1 Å². The van der Waals surface area contributed by atoms with Crippen LogP contribution in [0.25, 0.3) is 0 Å². The highest BCUT2D eigenvalue weighted by Crippen LogP contribution is 2.11. The number of hydroxylamine groups is 1. The highest BCUT2D eigenvalue weighted by atomic mass is 16.7. The molecule has 0 radical (unpaired) electrons. The van der Waals surface area contributed by atoms with Crippen molar-refractivity contribution in [3.05, 3.63) is 65.7 Å². The van der Waals surface area contributed by atoms with E-state index in [0.717, 1.165) is 16.9 Å². The predicted molar refractivity (Wildman–Crippen MR) is 85.6 cm³/mol. The summed E-state index contributed by atoms with van der Waals surface area (Å²) < 4.78 is 10.1. The van der Waals surface area contributed by atoms with E-state index in [1.807, 2.05) is 54.6 Å². The third-order valence-electron chi connectivity index (χ3n) is 2.82. The van der Waals surface area contributed by atoms with E-state index in [1.54, 1.807) is 7.11 Å². The van der Waals surface area contributed by atoms with Gasteiger partial charge in [-0.05, 0) is 23.8 Å². The van der Waals surface area contributed by atoms with Crippen molar-refractivity contribution in [1.29, 1.82) is 0 Å². The van der Waals surface area contributed by atoms with E-state index >= 15 is 0 Å². The molecule has 0 heterocycles. The predicted octanol–water partition coefficient (Wildman–Crippen LogP) is 2.90. The molecule has 1 amide bonds. The van der Waals surface area contributed by atoms with Gasteiger partial charge in [0.1, 0.15) is 19.0 Å². The Morgan fingerprint density at radius 3 is 2.74 bits per heavy atom. The number of amides is 1. The molecule has 0 aliphatic rings. The molecule has 0 saturated heterocycles. The molecule has 2 aromatic rings. The van der Waals surface area contributed by atoms with Crippen molar-refractivity contribution < 1.29 is 19.1 Å². The number of methoxy groups -OCH3 is 1. The van der Waals surface area contributed by atoms with Gasteiger partial charge in [0.25, 0.3) is 0 Å². The van der Waals surface area contributed by atoms with E-state index in [4.69, 9.17) is 14.3 Å². The molecular formula is C18H17NO4. The monoisotopic (exact) mass is 311 g/mol. The molecule has 5 nitrogen and oxygen atoms in total. The summed E-state index contributed by atoms with van der Waals surface area (Å²) in [5.74, 6) is 6.42. The largest absolute Gasteiger partial charge is 0.497 e. The number of carbonyl (C=O) groups excluding carboxylic acids is 1. The first-order valence-electron chi connectivity index (χ1n) is 6.99. The number of carbonyl (C=O) groups is 1. The third-order valence-corrected chi connectivity index (χ3v) is 2.82. The Balaban J connectivity index is 1.67. The van der Waals surface area contributed by atoms with Gasteiger partial charge in [-0.3, -0.25) is 4.84 Å². The standard InChI is InChI=1S/C18H17NO4/c1-21-17-11-5-9-15(13-17)10-6-12-23-19-18(20)22-14-16-7-3-2-4-8-16/h2-5,7-9,11,13H,12,14H2,1H3,(H,19,20). The van der Waals surface area contributed by atoms with Gasteiger partial charge < -0.3 is 9.47 Å². The summed E-state index contributed by atoms with van der Waals surface area (Å²) >= 11 is 0. The van der Waals surface area contributed by atoms with Crippen molar-refractivity contribution in [2.45, 2.75) is 6.61 Å². The lowest BCUT2D eigenvalue weighted by Crippen LogP contribution is -2.24. The molecule has 0 atom stereocenters. The van der Waals surface area contributed by atoms with Gasteiger partial charge in [0.15, 0.2) is 0 Å². The SMILES string of the molecule is COc1cccc(C#CCONC(=O)OCc2ccccc2)c1. The number of hydrogen-bond donors (Lipinski definition) is 1. The Bertz CT molecular complexity index is 689. The van der Waals surface area contributed by atoms with Crippen LogP contribution in [0.3, 0.4) is 0 Å². The molecular weight excluding hydrogens is 294 g/mol. The number of hydrogen-bond acceptors (Lipinski definition) is 4. The highest BCUT2D eigenvalue weighted by molar-refractivity contribution is 5.65. The molecule has 0 aliphatic heterocycles. The van der Waals surface area contributed by atoms with E-state index < -0.39 is 6.09 Å². The van der Waals surface area contributed by atoms with Gasteiger partial charge in [-0.15, -0.1) is 0 Å². The number of rotatable bonds is 5. The highest BCUT2D eigenvalue weighted by Gasteiger charge is 2.01. The van der Waals surface area contributed by atoms with Crippen molar-refractivity contribution >= 4 is 6.09 Å². The lowest BCUT2D eigenvalue weighted by atomic mass is 10.2. The Labute approximate surface area is 135 Å². The summed E-state index contributed by atoms with van der Waals surface area (Å²) in [5.41, 5.74) is 3.88. The van der Waals surface area contributed by atoms with Crippen LogP contribution < -0.4 is 10.2 Å². The first-order valence-corrected chi connectivity index (χ1v) is 6.99. The Kier molecular flexibility index (Phi) is 6.51. The van der Waals surface area contributed by atoms with Crippen LogP contribution in [-0.4, -0.2) is 19.8 Å². The van der Waals surface area contributed by atoms with Crippen LogP contribution in [-0.2, 0) is 16.2 Å². The average Bonchev–Trinajstić information content (AvgIpc) is 2.61. The van der Waals surface area contributed by atoms with Crippen molar-refractivity contribution in [1.82, 2.24) is 5.48 Å². The van der Waals surface area contributed by atoms with E-state index in [1.165, 1.54) is 0 Å². The van der Waals surface area contributed by atoms with Crippen molar-refractivity contribution in [2.24, 2.45) is 0 Å². The summed E-state index contributed by atoms with van der Waals surface area (Å²) in [4.78, 5) is 16.3. The number of benzene rings is 2. The normalized spacial score (nSPS) is 9.43. The van der Waals surface area contributed by atoms with Gasteiger partial charge in [0.05, 0.1) is 7.11 Å². The van der Waals surface area contributed by atoms with Crippen molar-refractivity contribution in [2.75, 3.05) is 13.7 Å². The van der Waals surface area contributed by atoms with Gasteiger partial charge in [0, 0.05) is 5.56 Å². The zero-order chi connectivity index (χ0) is 16.3. The maximum atomic E-state index is 11.4. The lowest BCUT2D eigenvalue weighted by Gasteiger charge is -2.05. The smallest absolute Gasteiger partial charge is 0.431 e. The number of ether oxygens (including phenoxy) is 2. The molecule has 0 spiro atoms. The Morgan fingerprint density at radius 2 is 1.96 bits per heavy atom. The van der Waals surface area contributed by atoms with Crippen LogP contribution in [0.5, 0.6) is 5.75 Å². The molecule has 2 rings (SSSR count). The molecule has 5 heteroatoms. The van der Waals surface area contributed by atoms with Crippen molar-refractivity contribution in [3.8, 4) is 17.6 Å². The molecule has 118 valence electrons. The second-order valence-corrected chi connectivity index (χ2v) is 4.49. The molecule has 0 fully saturated rings. The van der Waals surface area contributed by atoms with Crippen LogP contribution >= 0.6 is 0 Å². The van der Waals surface area contributed by atoms with Crippen LogP contribution in [0.4, 0.5) is 4.79 Å². The van der Waals surface area contributed by atoms with Crippen LogP contribution in [0.2, 0.25) is 0 Å². The summed E-state index contributed by atoms with van der Waals surface area (Å²) in [6.07, 6.45) is -0.656. The zero-order valence-corrected chi connectivity index (χ0v) is 12.7. The van der Waals surface area contributed by atoms with E-state index in [9.17, 15) is 4.79 Å². The molecule has 2 aromatic carbocycles. The maximum Gasteiger partial charge on any atom is 0.431 e. The fourth-order valence-corrected chi connectivity index (χ4v) is 1.72. The van der Waals surface area contributed by atoms with Crippen molar-refractivity contribution in [3.63, 3.8) is 0 Å². The second-order valence-electron chi connectivity index (χ2n) is 4.49. The van der Waals surface area contributed by atoms with Gasteiger partial charge in [-0.2, -0.15) is 5.48 Å². The molecule has 23 heavy (non-hydrogen) atoms. The molecule has 0 saturated carbocycles. The average molecular weight is 311 g/mol. The topological polar surface area (TPSA) is 56.8 Å². The molecule has 0 bridgehead atoms. The molecule has 0 aromatic heterocycles. The van der Waals surface area contributed by atoms with Gasteiger partial charge in [-0.25, -0.2) is 4.79 Å². The lowest BCUT2D eigenvalue weighted by molar-refractivity contribution is 0.0410. The van der Waals surface area contributed by atoms with Gasteiger partial charge >= 0.3 is 6.09 Å². The second kappa shape index (κ2) is 9.13. The van der Waals surface area contributed by atoms with E-state index in [2.05, 4.69) is 17.3 Å². The minimum atomic E-state index is -0.656. The number of nitrogens with one attached hydrogen (secondary N) is 1. The third kappa shape index (κ3) is 6.12. The van der Waals surface area contributed by atoms with Crippen LogP contribution in [0, 0.1) is 11.8 Å². The summed E-state index contributed by atoms with van der Waals surface area (Å²) in [6.45, 7) is 0.239. The first kappa shape index (κ1) is 16.4. The zero-order valence-electron chi connectivity index (χ0n) is 12.7. The fourth-order valence-electron chi connectivity index (χ4n) is 1.72. The first-order chi connectivity index (χ1) is 11.3. The van der Waals surface area contributed by atoms with Gasteiger partial charge in [-0.1, -0.05) is 48.2 Å². The van der Waals surface area contributed by atoms with E-state index in [-0.39, 0.29) is 13.2 Å². The molecule has 1 N–H and O–H groups in total. The Morgan fingerprint density at radius 1 is 1.13 bits per heavy atom. The summed E-state index contributed by atoms with van der Waals surface area (Å²) in [5, 5.41) is 0. The molecule has 0 aliphatic carbocycles. The summed E-state index contributed by atoms with van der Waals surface area (Å²) in [7, 11) is 1.60. The quantitative estimate of drug-likeness (QED) is 0.524. The Hall–Kier alpha value is -2.97. The summed E-state index contributed by atoms with van der Waals surface area (Å²) in [6, 6.07) is 16.7. The van der Waals surface area contributed by atoms with E-state index in [0.29, 0.717) is 0 Å². The minimum Gasteiger partial charge on any atom is -0.497 e. The maximum absolute atomic E-state index is 11.4. The van der Waals surface area contributed by atoms with Gasteiger partial charge in [0.2, 0.25) is 0 Å². The fraction of sp³-hybridized carbons (Fsp3) is 0.167. The van der Waals surface area contributed by atoms with Crippen LogP contribution in [0.15, 0.2) is 54.6 Å². The minimum absolute atomic E-state index is 0.0532. The molecule has 0 unspecified atom stereocenters.